The van der Waals surface area contributed by atoms with Gasteiger partial charge in [0.15, 0.2) is 0 Å². The van der Waals surface area contributed by atoms with Crippen molar-refractivity contribution >= 4 is 10.9 Å². The van der Waals surface area contributed by atoms with Crippen molar-refractivity contribution in [2.24, 2.45) is 7.05 Å². The topological polar surface area (TPSA) is 48.5 Å². The summed E-state index contributed by atoms with van der Waals surface area (Å²) in [7, 11) is 2.00. The first-order chi connectivity index (χ1) is 11.2. The van der Waals surface area contributed by atoms with Gasteiger partial charge < -0.3 is 9.13 Å². The van der Waals surface area contributed by atoms with E-state index in [2.05, 4.69) is 44.6 Å². The molecular formula is C18H17N5. The summed E-state index contributed by atoms with van der Waals surface area (Å²) in [6.07, 6.45) is 9.43. The van der Waals surface area contributed by atoms with E-state index in [-0.39, 0.29) is 0 Å². The molecule has 4 rings (SSSR count). The van der Waals surface area contributed by atoms with Crippen molar-refractivity contribution in [3.63, 3.8) is 0 Å². The molecule has 23 heavy (non-hydrogen) atoms. The van der Waals surface area contributed by atoms with Crippen LogP contribution in [0.5, 0.6) is 0 Å². The van der Waals surface area contributed by atoms with E-state index >= 15 is 0 Å². The van der Waals surface area contributed by atoms with Crippen LogP contribution in [0.4, 0.5) is 0 Å². The van der Waals surface area contributed by atoms with Crippen molar-refractivity contribution in [2.75, 3.05) is 0 Å². The molecule has 0 fully saturated rings. The molecule has 0 saturated heterocycles. The molecular weight excluding hydrogens is 286 g/mol. The van der Waals surface area contributed by atoms with E-state index in [9.17, 15) is 0 Å². The fourth-order valence-corrected chi connectivity index (χ4v) is 2.89. The molecule has 0 aliphatic heterocycles. The van der Waals surface area contributed by atoms with Crippen molar-refractivity contribution in [1.82, 2.24) is 24.1 Å². The molecule has 0 amide bonds. The molecule has 0 radical (unpaired) electrons. The molecule has 0 spiro atoms. The quantitative estimate of drug-likeness (QED) is 0.584. The fourth-order valence-electron chi connectivity index (χ4n) is 2.89. The van der Waals surface area contributed by atoms with Gasteiger partial charge in [-0.1, -0.05) is 18.2 Å². The highest BCUT2D eigenvalue weighted by atomic mass is 15.1. The number of hydrogen-bond acceptors (Lipinski definition) is 3. The van der Waals surface area contributed by atoms with E-state index in [1.54, 1.807) is 0 Å². The summed E-state index contributed by atoms with van der Waals surface area (Å²) in [4.78, 5) is 13.5. The largest absolute Gasteiger partial charge is 0.337 e. The lowest BCUT2D eigenvalue weighted by Gasteiger charge is -2.11. The third-order valence-electron chi connectivity index (χ3n) is 4.16. The second-order valence-electron chi connectivity index (χ2n) is 5.66. The SMILES string of the molecule is Cc1ccc(-c2nccn2Cc2nccn2C)c2cccnc12. The smallest absolute Gasteiger partial charge is 0.140 e. The molecule has 1 aromatic carbocycles. The zero-order valence-corrected chi connectivity index (χ0v) is 13.1. The monoisotopic (exact) mass is 303 g/mol. The molecule has 0 N–H and O–H groups in total. The molecule has 5 heteroatoms. The second-order valence-corrected chi connectivity index (χ2v) is 5.66. The molecule has 114 valence electrons. The van der Waals surface area contributed by atoms with Gasteiger partial charge in [-0.15, -0.1) is 0 Å². The maximum Gasteiger partial charge on any atom is 0.140 e. The van der Waals surface area contributed by atoms with Gasteiger partial charge in [0.2, 0.25) is 0 Å². The molecule has 5 nitrogen and oxygen atoms in total. The highest BCUT2D eigenvalue weighted by Gasteiger charge is 2.12. The van der Waals surface area contributed by atoms with Crippen molar-refractivity contribution in [2.45, 2.75) is 13.5 Å². The van der Waals surface area contributed by atoms with Gasteiger partial charge in [-0.2, -0.15) is 0 Å². The van der Waals surface area contributed by atoms with Crippen molar-refractivity contribution in [3.05, 3.63) is 66.6 Å². The van der Waals surface area contributed by atoms with Gasteiger partial charge in [0.25, 0.3) is 0 Å². The molecule has 0 bridgehead atoms. The lowest BCUT2D eigenvalue weighted by Crippen LogP contribution is -2.06. The lowest BCUT2D eigenvalue weighted by molar-refractivity contribution is 0.705. The predicted octanol–water partition coefficient (Wildman–Crippen LogP) is 3.19. The predicted molar refractivity (Wildman–Crippen MR) is 90.0 cm³/mol. The zero-order valence-electron chi connectivity index (χ0n) is 13.1. The lowest BCUT2D eigenvalue weighted by atomic mass is 10.0. The Morgan fingerprint density at radius 1 is 0.957 bits per heavy atom. The van der Waals surface area contributed by atoms with Gasteiger partial charge in [-0.05, 0) is 18.6 Å². The van der Waals surface area contributed by atoms with Gasteiger partial charge in [-0.3, -0.25) is 4.98 Å². The molecule has 0 saturated carbocycles. The molecule has 4 aromatic rings. The number of benzene rings is 1. The minimum Gasteiger partial charge on any atom is -0.337 e. The Balaban J connectivity index is 1.85. The first kappa shape index (κ1) is 13.7. The van der Waals surface area contributed by atoms with Crippen LogP contribution < -0.4 is 0 Å². The number of aromatic nitrogens is 5. The van der Waals surface area contributed by atoms with Crippen molar-refractivity contribution in [1.29, 1.82) is 0 Å². The van der Waals surface area contributed by atoms with Crippen LogP contribution in [0.2, 0.25) is 0 Å². The molecule has 3 heterocycles. The number of rotatable bonds is 3. The first-order valence-electron chi connectivity index (χ1n) is 7.56. The number of nitrogens with zero attached hydrogens (tertiary/aromatic N) is 5. The first-order valence-corrected chi connectivity index (χ1v) is 7.56. The number of aryl methyl sites for hydroxylation is 2. The van der Waals surface area contributed by atoms with E-state index in [0.29, 0.717) is 6.54 Å². The van der Waals surface area contributed by atoms with E-state index in [4.69, 9.17) is 0 Å². The Hall–Kier alpha value is -2.95. The van der Waals surface area contributed by atoms with Gasteiger partial charge in [0.05, 0.1) is 12.1 Å². The Morgan fingerprint density at radius 3 is 2.65 bits per heavy atom. The Labute approximate surface area is 134 Å². The normalized spacial score (nSPS) is 11.2. The van der Waals surface area contributed by atoms with E-state index in [1.165, 1.54) is 5.56 Å². The average molecular weight is 303 g/mol. The minimum atomic E-state index is 0.689. The van der Waals surface area contributed by atoms with Crippen LogP contribution in [0.25, 0.3) is 22.3 Å². The van der Waals surface area contributed by atoms with Gasteiger partial charge in [0, 0.05) is 49.0 Å². The summed E-state index contributed by atoms with van der Waals surface area (Å²) >= 11 is 0. The van der Waals surface area contributed by atoms with Crippen LogP contribution in [0, 0.1) is 6.92 Å². The van der Waals surface area contributed by atoms with E-state index in [1.807, 2.05) is 48.7 Å². The summed E-state index contributed by atoms with van der Waals surface area (Å²) in [6.45, 7) is 2.77. The Kier molecular flexibility index (Phi) is 3.19. The average Bonchev–Trinajstić information content (AvgIpc) is 3.18. The third-order valence-corrected chi connectivity index (χ3v) is 4.16. The van der Waals surface area contributed by atoms with Crippen LogP contribution in [-0.4, -0.2) is 24.1 Å². The number of hydrogen-bond donors (Lipinski definition) is 0. The van der Waals surface area contributed by atoms with E-state index in [0.717, 1.165) is 28.1 Å². The Morgan fingerprint density at radius 2 is 1.83 bits per heavy atom. The van der Waals surface area contributed by atoms with Gasteiger partial charge in [0.1, 0.15) is 11.6 Å². The maximum atomic E-state index is 4.57. The van der Waals surface area contributed by atoms with Crippen LogP contribution in [0.1, 0.15) is 11.4 Å². The second kappa shape index (κ2) is 5.35. The van der Waals surface area contributed by atoms with Crippen LogP contribution in [0.3, 0.4) is 0 Å². The summed E-state index contributed by atoms with van der Waals surface area (Å²) in [5.41, 5.74) is 3.29. The summed E-state index contributed by atoms with van der Waals surface area (Å²) < 4.78 is 4.15. The summed E-state index contributed by atoms with van der Waals surface area (Å²) in [5, 5.41) is 1.12. The molecule has 0 aliphatic rings. The highest BCUT2D eigenvalue weighted by Crippen LogP contribution is 2.28. The number of fused-ring (bicyclic) bond motifs is 1. The van der Waals surface area contributed by atoms with Crippen molar-refractivity contribution < 1.29 is 0 Å². The molecule has 0 unspecified atom stereocenters. The minimum absolute atomic E-state index is 0.689. The standard InChI is InChI=1S/C18H17N5/c1-13-5-6-15(14-4-3-7-20-17(13)14)18-21-9-11-23(18)12-16-19-8-10-22(16)2/h3-11H,12H2,1-2H3. The molecule has 0 aliphatic carbocycles. The van der Waals surface area contributed by atoms with Crippen molar-refractivity contribution in [3.8, 4) is 11.4 Å². The van der Waals surface area contributed by atoms with Crippen LogP contribution >= 0.6 is 0 Å². The van der Waals surface area contributed by atoms with Gasteiger partial charge >= 0.3 is 0 Å². The van der Waals surface area contributed by atoms with E-state index < -0.39 is 0 Å². The molecule has 0 atom stereocenters. The van der Waals surface area contributed by atoms with Crippen LogP contribution in [0.15, 0.2) is 55.2 Å². The third kappa shape index (κ3) is 2.30. The fraction of sp³-hybridized carbons (Fsp3) is 0.167. The highest BCUT2D eigenvalue weighted by molar-refractivity contribution is 5.94. The zero-order chi connectivity index (χ0) is 15.8. The summed E-state index contributed by atoms with van der Waals surface area (Å²) in [5.74, 6) is 1.93. The summed E-state index contributed by atoms with van der Waals surface area (Å²) in [6, 6.07) is 8.29. The van der Waals surface area contributed by atoms with Crippen LogP contribution in [-0.2, 0) is 13.6 Å². The van der Waals surface area contributed by atoms with Gasteiger partial charge in [-0.25, -0.2) is 9.97 Å². The molecule has 3 aromatic heterocycles. The number of imidazole rings is 2. The number of pyridine rings is 1. The Bertz CT molecular complexity index is 980. The maximum absolute atomic E-state index is 4.57.